The molecule has 0 heterocycles. The van der Waals surface area contributed by atoms with Crippen LogP contribution in [-0.4, -0.2) is 13.0 Å². The molecule has 1 N–H and O–H groups in total. The average molecular weight is 286 g/mol. The molecule has 0 amide bonds. The summed E-state index contributed by atoms with van der Waals surface area (Å²) in [6, 6.07) is 2.67. The normalized spacial score (nSPS) is 11.7. The predicted octanol–water partition coefficient (Wildman–Crippen LogP) is 2.66. The zero-order valence-electron chi connectivity index (χ0n) is 6.58. The Hall–Kier alpha value is -0.100. The third-order valence-corrected chi connectivity index (χ3v) is 4.13. The van der Waals surface area contributed by atoms with Gasteiger partial charge < -0.3 is 0 Å². The van der Waals surface area contributed by atoms with Crippen molar-refractivity contribution >= 4 is 37.6 Å². The summed E-state index contributed by atoms with van der Waals surface area (Å²) in [5, 5.41) is 0.407. The van der Waals surface area contributed by atoms with Crippen molar-refractivity contribution < 1.29 is 13.0 Å². The predicted molar refractivity (Wildman–Crippen MR) is 53.7 cm³/mol. The minimum absolute atomic E-state index is 0.135. The van der Waals surface area contributed by atoms with E-state index in [1.165, 1.54) is 12.1 Å². The van der Waals surface area contributed by atoms with Gasteiger partial charge in [0.25, 0.3) is 10.1 Å². The molecule has 0 fully saturated rings. The van der Waals surface area contributed by atoms with E-state index in [2.05, 4.69) is 15.9 Å². The van der Waals surface area contributed by atoms with E-state index in [1.54, 1.807) is 6.92 Å². The highest BCUT2D eigenvalue weighted by Crippen LogP contribution is 2.30. The Morgan fingerprint density at radius 3 is 2.46 bits per heavy atom. The third-order valence-electron chi connectivity index (χ3n) is 1.57. The second-order valence-electron chi connectivity index (χ2n) is 2.46. The van der Waals surface area contributed by atoms with Crippen LogP contribution in [0.25, 0.3) is 0 Å². The van der Waals surface area contributed by atoms with E-state index in [0.717, 1.165) is 0 Å². The molecule has 1 aromatic rings. The summed E-state index contributed by atoms with van der Waals surface area (Å²) in [5.41, 5.74) is 0.398. The van der Waals surface area contributed by atoms with Crippen LogP contribution in [0.2, 0.25) is 5.02 Å². The van der Waals surface area contributed by atoms with Gasteiger partial charge in [-0.2, -0.15) is 8.42 Å². The number of halogens is 2. The smallest absolute Gasteiger partial charge is 0.282 e. The molecule has 0 aromatic heterocycles. The first-order valence-electron chi connectivity index (χ1n) is 3.26. The number of benzene rings is 1. The highest BCUT2D eigenvalue weighted by Gasteiger charge is 2.15. The Morgan fingerprint density at radius 2 is 2.00 bits per heavy atom. The Bertz CT molecular complexity index is 441. The molecule has 1 aromatic carbocycles. The molecule has 6 heteroatoms. The van der Waals surface area contributed by atoms with Crippen LogP contribution in [0.15, 0.2) is 21.5 Å². The molecule has 72 valence electrons. The topological polar surface area (TPSA) is 54.4 Å². The summed E-state index contributed by atoms with van der Waals surface area (Å²) in [4.78, 5) is -0.135. The number of hydrogen-bond acceptors (Lipinski definition) is 2. The van der Waals surface area contributed by atoms with Gasteiger partial charge in [0.2, 0.25) is 0 Å². The van der Waals surface area contributed by atoms with Crippen molar-refractivity contribution in [3.05, 3.63) is 27.2 Å². The molecule has 0 unspecified atom stereocenters. The van der Waals surface area contributed by atoms with E-state index in [4.69, 9.17) is 16.2 Å². The van der Waals surface area contributed by atoms with E-state index < -0.39 is 10.1 Å². The van der Waals surface area contributed by atoms with Gasteiger partial charge in [-0.3, -0.25) is 4.55 Å². The van der Waals surface area contributed by atoms with Crippen LogP contribution in [-0.2, 0) is 10.1 Å². The van der Waals surface area contributed by atoms with Gasteiger partial charge in [-0.1, -0.05) is 11.6 Å². The first-order valence-corrected chi connectivity index (χ1v) is 5.87. The highest BCUT2D eigenvalue weighted by atomic mass is 79.9. The monoisotopic (exact) mass is 284 g/mol. The van der Waals surface area contributed by atoms with Crippen LogP contribution < -0.4 is 0 Å². The molecule has 0 atom stereocenters. The maximum absolute atomic E-state index is 10.8. The lowest BCUT2D eigenvalue weighted by Gasteiger charge is -2.05. The van der Waals surface area contributed by atoms with E-state index >= 15 is 0 Å². The van der Waals surface area contributed by atoms with E-state index in [0.29, 0.717) is 15.1 Å². The zero-order chi connectivity index (χ0) is 10.2. The Kier molecular flexibility index (Phi) is 3.01. The fourth-order valence-corrected chi connectivity index (χ4v) is 2.32. The summed E-state index contributed by atoms with van der Waals surface area (Å²) in [6.07, 6.45) is 0. The van der Waals surface area contributed by atoms with Gasteiger partial charge in [0.05, 0.1) is 9.92 Å². The fraction of sp³-hybridized carbons (Fsp3) is 0.143. The van der Waals surface area contributed by atoms with Gasteiger partial charge in [0, 0.05) is 4.47 Å². The molecule has 0 bridgehead atoms. The fourth-order valence-electron chi connectivity index (χ4n) is 0.914. The third kappa shape index (κ3) is 2.22. The highest BCUT2D eigenvalue weighted by molar-refractivity contribution is 9.10. The van der Waals surface area contributed by atoms with Crippen molar-refractivity contribution in [2.45, 2.75) is 11.8 Å². The molecule has 0 aliphatic carbocycles. The first-order chi connectivity index (χ1) is 5.84. The molecule has 0 radical (unpaired) electrons. The van der Waals surface area contributed by atoms with Crippen molar-refractivity contribution in [1.82, 2.24) is 0 Å². The SMILES string of the molecule is Cc1c(S(=O)(=O)O)ccc(Cl)c1Br. The summed E-state index contributed by atoms with van der Waals surface area (Å²) in [6.45, 7) is 1.55. The second kappa shape index (κ2) is 3.57. The van der Waals surface area contributed by atoms with Gasteiger partial charge in [-0.15, -0.1) is 0 Å². The van der Waals surface area contributed by atoms with Gasteiger partial charge in [-0.05, 0) is 40.5 Å². The van der Waals surface area contributed by atoms with Crippen molar-refractivity contribution in [2.24, 2.45) is 0 Å². The summed E-state index contributed by atoms with van der Waals surface area (Å²) >= 11 is 8.83. The van der Waals surface area contributed by atoms with Gasteiger partial charge in [0.15, 0.2) is 0 Å². The van der Waals surface area contributed by atoms with Crippen molar-refractivity contribution in [3.8, 4) is 0 Å². The first kappa shape index (κ1) is 11.0. The van der Waals surface area contributed by atoms with E-state index in [1.807, 2.05) is 0 Å². The Morgan fingerprint density at radius 1 is 1.46 bits per heavy atom. The largest absolute Gasteiger partial charge is 0.294 e. The van der Waals surface area contributed by atoms with Crippen LogP contribution in [0.3, 0.4) is 0 Å². The molecule has 0 aliphatic rings. The molecule has 3 nitrogen and oxygen atoms in total. The molecular formula is C7H6BrClO3S. The molecule has 0 saturated carbocycles. The summed E-state index contributed by atoms with van der Waals surface area (Å²) in [5.74, 6) is 0. The lowest BCUT2D eigenvalue weighted by molar-refractivity contribution is 0.482. The number of hydrogen-bond donors (Lipinski definition) is 1. The maximum Gasteiger partial charge on any atom is 0.294 e. The van der Waals surface area contributed by atoms with Crippen LogP contribution in [0.1, 0.15) is 5.56 Å². The summed E-state index contributed by atoms with van der Waals surface area (Å²) < 4.78 is 30.9. The van der Waals surface area contributed by atoms with Crippen LogP contribution >= 0.6 is 27.5 Å². The Labute approximate surface area is 89.6 Å². The molecule has 13 heavy (non-hydrogen) atoms. The summed E-state index contributed by atoms with van der Waals surface area (Å²) in [7, 11) is -4.16. The van der Waals surface area contributed by atoms with Crippen molar-refractivity contribution in [2.75, 3.05) is 0 Å². The molecule has 0 spiro atoms. The maximum atomic E-state index is 10.8. The van der Waals surface area contributed by atoms with Crippen LogP contribution in [0.5, 0.6) is 0 Å². The molecule has 0 saturated heterocycles. The van der Waals surface area contributed by atoms with Gasteiger partial charge in [0.1, 0.15) is 0 Å². The van der Waals surface area contributed by atoms with E-state index in [-0.39, 0.29) is 4.90 Å². The second-order valence-corrected chi connectivity index (χ2v) is 5.05. The van der Waals surface area contributed by atoms with Crippen LogP contribution in [0.4, 0.5) is 0 Å². The van der Waals surface area contributed by atoms with Crippen LogP contribution in [0, 0.1) is 6.92 Å². The minimum Gasteiger partial charge on any atom is -0.282 e. The molecule has 1 rings (SSSR count). The number of rotatable bonds is 1. The van der Waals surface area contributed by atoms with E-state index in [9.17, 15) is 8.42 Å². The molecular weight excluding hydrogens is 279 g/mol. The van der Waals surface area contributed by atoms with Crippen molar-refractivity contribution in [3.63, 3.8) is 0 Å². The van der Waals surface area contributed by atoms with Crippen molar-refractivity contribution in [1.29, 1.82) is 0 Å². The Balaban J connectivity index is 3.53. The molecule has 0 aliphatic heterocycles. The standard InChI is InChI=1S/C7H6BrClO3S/c1-4-6(13(10,11)12)3-2-5(9)7(4)8/h2-3H,1H3,(H,10,11,12). The van der Waals surface area contributed by atoms with Gasteiger partial charge >= 0.3 is 0 Å². The lowest BCUT2D eigenvalue weighted by Crippen LogP contribution is -2.01. The average Bonchev–Trinajstić information content (AvgIpc) is 1.98. The minimum atomic E-state index is -4.16. The quantitative estimate of drug-likeness (QED) is 0.807. The lowest BCUT2D eigenvalue weighted by atomic mass is 10.2. The van der Waals surface area contributed by atoms with Gasteiger partial charge in [-0.25, -0.2) is 0 Å². The zero-order valence-corrected chi connectivity index (χ0v) is 9.74.